The van der Waals surface area contributed by atoms with Crippen LogP contribution in [0.15, 0.2) is 22.7 Å². The second kappa shape index (κ2) is 5.56. The molecule has 3 nitrogen and oxygen atoms in total. The molecule has 0 atom stereocenters. The molecule has 0 aromatic heterocycles. The van der Waals surface area contributed by atoms with E-state index in [1.54, 1.807) is 18.2 Å². The average Bonchev–Trinajstić information content (AvgIpc) is 2.24. The van der Waals surface area contributed by atoms with Crippen molar-refractivity contribution in [2.75, 3.05) is 13.2 Å². The van der Waals surface area contributed by atoms with Crippen LogP contribution in [0.5, 0.6) is 5.75 Å². The van der Waals surface area contributed by atoms with E-state index in [-0.39, 0.29) is 12.3 Å². The van der Waals surface area contributed by atoms with Gasteiger partial charge in [0.2, 0.25) is 0 Å². The summed E-state index contributed by atoms with van der Waals surface area (Å²) in [4.78, 5) is 0. The Kier molecular flexibility index (Phi) is 4.64. The molecule has 1 rings (SSSR count). The first-order valence-corrected chi connectivity index (χ1v) is 5.41. The van der Waals surface area contributed by atoms with Gasteiger partial charge in [0.1, 0.15) is 12.4 Å². The van der Waals surface area contributed by atoms with Crippen molar-refractivity contribution in [1.29, 1.82) is 0 Å². The molecule has 16 heavy (non-hydrogen) atoms. The monoisotopic (exact) mass is 295 g/mol. The Bertz CT molecular complexity index is 361. The summed E-state index contributed by atoms with van der Waals surface area (Å²) in [5.41, 5.74) is 0.517. The summed E-state index contributed by atoms with van der Waals surface area (Å²) >= 11 is 3.13. The number of alkyl halides is 2. The molecule has 0 aliphatic rings. The third-order valence-corrected chi connectivity index (χ3v) is 2.64. The topological polar surface area (TPSA) is 52.5 Å². The van der Waals surface area contributed by atoms with Crippen LogP contribution >= 0.6 is 15.9 Å². The number of halogens is 3. The average molecular weight is 296 g/mol. The lowest BCUT2D eigenvalue weighted by molar-refractivity contribution is -0.0478. The van der Waals surface area contributed by atoms with Crippen LogP contribution in [0.4, 0.5) is 8.78 Å². The molecule has 0 fully saturated rings. The molecule has 0 unspecified atom stereocenters. The Hall–Kier alpha value is -0.720. The molecule has 3 N–H and O–H groups in total. The fourth-order valence-corrected chi connectivity index (χ4v) is 1.55. The number of nitrogens with one attached hydrogen (secondary N) is 1. The van der Waals surface area contributed by atoms with Gasteiger partial charge in [-0.3, -0.25) is 0 Å². The SMILES string of the molecule is OCC(F)(F)CNCc1cccc(Br)c1O. The maximum atomic E-state index is 12.7. The van der Waals surface area contributed by atoms with Crippen molar-refractivity contribution in [2.24, 2.45) is 0 Å². The molecule has 6 heteroatoms. The highest BCUT2D eigenvalue weighted by atomic mass is 79.9. The maximum absolute atomic E-state index is 12.7. The van der Waals surface area contributed by atoms with Gasteiger partial charge in [-0.2, -0.15) is 0 Å². The summed E-state index contributed by atoms with van der Waals surface area (Å²) in [7, 11) is 0. The quantitative estimate of drug-likeness (QED) is 0.777. The van der Waals surface area contributed by atoms with Crippen molar-refractivity contribution in [2.45, 2.75) is 12.5 Å². The van der Waals surface area contributed by atoms with Gasteiger partial charge >= 0.3 is 0 Å². The third kappa shape index (κ3) is 3.70. The standard InChI is InChI=1S/C10H12BrF2NO2/c11-8-3-1-2-7(9(8)16)4-14-5-10(12,13)6-15/h1-3,14-16H,4-6H2. The number of hydrogen-bond donors (Lipinski definition) is 3. The lowest BCUT2D eigenvalue weighted by Gasteiger charge is -2.14. The van der Waals surface area contributed by atoms with E-state index in [9.17, 15) is 13.9 Å². The largest absolute Gasteiger partial charge is 0.506 e. The first kappa shape index (κ1) is 13.3. The van der Waals surface area contributed by atoms with Crippen molar-refractivity contribution < 1.29 is 19.0 Å². The van der Waals surface area contributed by atoms with E-state index >= 15 is 0 Å². The third-order valence-electron chi connectivity index (χ3n) is 2.00. The van der Waals surface area contributed by atoms with Crippen molar-refractivity contribution >= 4 is 15.9 Å². The fraction of sp³-hybridized carbons (Fsp3) is 0.400. The molecule has 1 aromatic rings. The zero-order valence-corrected chi connectivity index (χ0v) is 9.97. The second-order valence-electron chi connectivity index (χ2n) is 3.37. The molecule has 1 aromatic carbocycles. The number of para-hydroxylation sites is 1. The summed E-state index contributed by atoms with van der Waals surface area (Å²) in [6, 6.07) is 4.98. The minimum atomic E-state index is -3.14. The van der Waals surface area contributed by atoms with Gasteiger partial charge in [-0.1, -0.05) is 12.1 Å². The molecular formula is C10H12BrF2NO2. The Morgan fingerprint density at radius 2 is 2.06 bits per heavy atom. The first-order chi connectivity index (χ1) is 7.46. The van der Waals surface area contributed by atoms with Crippen LogP contribution in [-0.4, -0.2) is 29.3 Å². The Morgan fingerprint density at radius 3 is 2.69 bits per heavy atom. The lowest BCUT2D eigenvalue weighted by Crippen LogP contribution is -2.35. The number of benzene rings is 1. The van der Waals surface area contributed by atoms with E-state index in [0.717, 1.165) is 0 Å². The van der Waals surface area contributed by atoms with E-state index in [0.29, 0.717) is 10.0 Å². The molecule has 0 saturated carbocycles. The molecular weight excluding hydrogens is 284 g/mol. The smallest absolute Gasteiger partial charge is 0.282 e. The zero-order chi connectivity index (χ0) is 12.2. The van der Waals surface area contributed by atoms with Crippen LogP contribution in [-0.2, 0) is 6.54 Å². The highest BCUT2D eigenvalue weighted by Crippen LogP contribution is 2.27. The molecule has 0 amide bonds. The summed E-state index contributed by atoms with van der Waals surface area (Å²) in [5.74, 6) is -3.11. The number of phenolic OH excluding ortho intramolecular Hbond substituents is 1. The highest BCUT2D eigenvalue weighted by molar-refractivity contribution is 9.10. The van der Waals surface area contributed by atoms with Crippen molar-refractivity contribution in [3.05, 3.63) is 28.2 Å². The van der Waals surface area contributed by atoms with Crippen LogP contribution in [0, 0.1) is 0 Å². The van der Waals surface area contributed by atoms with Gasteiger partial charge in [0, 0.05) is 12.1 Å². The van der Waals surface area contributed by atoms with Gasteiger partial charge in [-0.05, 0) is 22.0 Å². The van der Waals surface area contributed by atoms with Gasteiger partial charge in [-0.25, -0.2) is 8.78 Å². The number of aliphatic hydroxyl groups is 1. The normalized spacial score (nSPS) is 11.8. The minimum absolute atomic E-state index is 0.0299. The van der Waals surface area contributed by atoms with Crippen LogP contribution in [0.3, 0.4) is 0 Å². The van der Waals surface area contributed by atoms with Gasteiger partial charge in [0.15, 0.2) is 0 Å². The van der Waals surface area contributed by atoms with E-state index in [1.807, 2.05) is 0 Å². The van der Waals surface area contributed by atoms with Gasteiger partial charge in [0.25, 0.3) is 5.92 Å². The Balaban J connectivity index is 2.53. The molecule has 0 spiro atoms. The maximum Gasteiger partial charge on any atom is 0.282 e. The van der Waals surface area contributed by atoms with Crippen LogP contribution < -0.4 is 5.32 Å². The number of phenols is 1. The Morgan fingerprint density at radius 1 is 1.38 bits per heavy atom. The Labute approximate surface area is 100 Å². The summed E-state index contributed by atoms with van der Waals surface area (Å²) in [5, 5.41) is 20.4. The number of rotatable bonds is 5. The lowest BCUT2D eigenvalue weighted by atomic mass is 10.2. The molecule has 0 radical (unpaired) electrons. The zero-order valence-electron chi connectivity index (χ0n) is 8.38. The molecule has 0 bridgehead atoms. The minimum Gasteiger partial charge on any atom is -0.506 e. The molecule has 0 heterocycles. The number of hydrogen-bond acceptors (Lipinski definition) is 3. The van der Waals surface area contributed by atoms with Gasteiger partial charge in [-0.15, -0.1) is 0 Å². The summed E-state index contributed by atoms with van der Waals surface area (Å²) in [6.07, 6.45) is 0. The fourth-order valence-electron chi connectivity index (χ4n) is 1.14. The van der Waals surface area contributed by atoms with E-state index in [1.165, 1.54) is 0 Å². The van der Waals surface area contributed by atoms with Crippen molar-refractivity contribution in [3.8, 4) is 5.75 Å². The molecule has 0 saturated heterocycles. The van der Waals surface area contributed by atoms with E-state index in [2.05, 4.69) is 21.2 Å². The highest BCUT2D eigenvalue weighted by Gasteiger charge is 2.26. The van der Waals surface area contributed by atoms with Crippen LogP contribution in [0.25, 0.3) is 0 Å². The summed E-state index contributed by atoms with van der Waals surface area (Å²) < 4.78 is 25.8. The molecule has 0 aliphatic carbocycles. The van der Waals surface area contributed by atoms with Crippen LogP contribution in [0.1, 0.15) is 5.56 Å². The van der Waals surface area contributed by atoms with Crippen molar-refractivity contribution in [3.63, 3.8) is 0 Å². The molecule has 90 valence electrons. The van der Waals surface area contributed by atoms with Crippen LogP contribution in [0.2, 0.25) is 0 Å². The van der Waals surface area contributed by atoms with E-state index in [4.69, 9.17) is 5.11 Å². The van der Waals surface area contributed by atoms with Gasteiger partial charge in [0.05, 0.1) is 11.0 Å². The predicted molar refractivity (Wildman–Crippen MR) is 59.5 cm³/mol. The molecule has 0 aliphatic heterocycles. The first-order valence-electron chi connectivity index (χ1n) is 4.62. The number of aromatic hydroxyl groups is 1. The van der Waals surface area contributed by atoms with E-state index < -0.39 is 19.1 Å². The predicted octanol–water partition coefficient (Wildman–Crippen LogP) is 1.87. The second-order valence-corrected chi connectivity index (χ2v) is 4.22. The van der Waals surface area contributed by atoms with Gasteiger partial charge < -0.3 is 15.5 Å². The summed E-state index contributed by atoms with van der Waals surface area (Å²) in [6.45, 7) is -1.71. The number of aliphatic hydroxyl groups excluding tert-OH is 1. The van der Waals surface area contributed by atoms with Crippen molar-refractivity contribution in [1.82, 2.24) is 5.32 Å².